The quantitative estimate of drug-likeness (QED) is 0.639. The van der Waals surface area contributed by atoms with Gasteiger partial charge in [-0.3, -0.25) is 4.79 Å². The van der Waals surface area contributed by atoms with Crippen molar-refractivity contribution in [3.05, 3.63) is 30.1 Å². The van der Waals surface area contributed by atoms with Crippen LogP contribution in [0.15, 0.2) is 29.4 Å². The molecule has 2 aromatic rings. The molecule has 2 rings (SSSR count). The number of carbonyl (C=O) groups is 1. The molecule has 0 saturated heterocycles. The van der Waals surface area contributed by atoms with Gasteiger partial charge >= 0.3 is 5.97 Å². The third kappa shape index (κ3) is 4.07. The highest BCUT2D eigenvalue weighted by Gasteiger charge is 2.19. The highest BCUT2D eigenvalue weighted by Crippen LogP contribution is 2.24. The van der Waals surface area contributed by atoms with E-state index in [0.29, 0.717) is 16.5 Å². The molecule has 118 valence electrons. The monoisotopic (exact) mass is 323 g/mol. The number of carbonyl (C=O) groups excluding carboxylic acids is 1. The fraction of sp³-hybridized carbons (Fsp3) is 0.400. The molecular formula is C15H18FN3O2S. The molecule has 0 atom stereocenters. The van der Waals surface area contributed by atoms with Crippen LogP contribution in [0.1, 0.15) is 20.8 Å². The Bertz CT molecular complexity index is 680. The number of esters is 1. The zero-order valence-corrected chi connectivity index (χ0v) is 13.8. The van der Waals surface area contributed by atoms with Gasteiger partial charge in [-0.05, 0) is 32.9 Å². The molecule has 0 aliphatic carbocycles. The first-order chi connectivity index (χ1) is 10.3. The first kappa shape index (κ1) is 16.5. The number of ether oxygens (including phenoxy) is 1. The Labute approximate surface area is 132 Å². The number of hydrogen-bond acceptors (Lipinski definition) is 5. The molecule has 0 bridgehead atoms. The maximum atomic E-state index is 13.8. The zero-order valence-electron chi connectivity index (χ0n) is 13.0. The number of aromatic nitrogens is 3. The molecule has 1 aromatic carbocycles. The lowest BCUT2D eigenvalue weighted by molar-refractivity contribution is -0.151. The second kappa shape index (κ2) is 6.48. The second-order valence-electron chi connectivity index (χ2n) is 5.72. The Morgan fingerprint density at radius 1 is 1.32 bits per heavy atom. The Morgan fingerprint density at radius 3 is 2.64 bits per heavy atom. The van der Waals surface area contributed by atoms with E-state index in [2.05, 4.69) is 10.2 Å². The molecule has 22 heavy (non-hydrogen) atoms. The van der Waals surface area contributed by atoms with Gasteiger partial charge < -0.3 is 9.30 Å². The van der Waals surface area contributed by atoms with Gasteiger partial charge in [-0.1, -0.05) is 23.9 Å². The van der Waals surface area contributed by atoms with Crippen LogP contribution in [0.5, 0.6) is 0 Å². The number of thioether (sulfide) groups is 1. The van der Waals surface area contributed by atoms with E-state index in [1.165, 1.54) is 17.8 Å². The summed E-state index contributed by atoms with van der Waals surface area (Å²) in [7, 11) is 1.74. The maximum absolute atomic E-state index is 13.8. The number of hydrogen-bond donors (Lipinski definition) is 0. The first-order valence-corrected chi connectivity index (χ1v) is 7.75. The van der Waals surface area contributed by atoms with Crippen LogP contribution in [0.3, 0.4) is 0 Å². The second-order valence-corrected chi connectivity index (χ2v) is 6.66. The zero-order chi connectivity index (χ0) is 16.3. The third-order valence-corrected chi connectivity index (χ3v) is 3.68. The minimum absolute atomic E-state index is 0.126. The molecule has 0 unspecified atom stereocenters. The van der Waals surface area contributed by atoms with E-state index in [-0.39, 0.29) is 17.5 Å². The predicted octanol–water partition coefficient (Wildman–Crippen LogP) is 3.06. The third-order valence-electron chi connectivity index (χ3n) is 2.69. The molecule has 0 spiro atoms. The largest absolute Gasteiger partial charge is 0.459 e. The molecule has 0 N–H and O–H groups in total. The van der Waals surface area contributed by atoms with E-state index in [9.17, 15) is 9.18 Å². The van der Waals surface area contributed by atoms with Crippen LogP contribution in [0.4, 0.5) is 4.39 Å². The number of rotatable bonds is 4. The fourth-order valence-electron chi connectivity index (χ4n) is 1.81. The number of benzene rings is 1. The average molecular weight is 323 g/mol. The number of halogens is 1. The Balaban J connectivity index is 2.09. The summed E-state index contributed by atoms with van der Waals surface area (Å²) in [4.78, 5) is 11.7. The van der Waals surface area contributed by atoms with Crippen LogP contribution in [0.2, 0.25) is 0 Å². The molecule has 0 radical (unpaired) electrons. The Kier molecular flexibility index (Phi) is 4.85. The van der Waals surface area contributed by atoms with Gasteiger partial charge in [0.1, 0.15) is 11.4 Å². The van der Waals surface area contributed by atoms with Gasteiger partial charge in [-0.2, -0.15) is 0 Å². The average Bonchev–Trinajstić information content (AvgIpc) is 2.76. The van der Waals surface area contributed by atoms with Crippen molar-refractivity contribution in [2.45, 2.75) is 31.5 Å². The van der Waals surface area contributed by atoms with Crippen molar-refractivity contribution in [2.75, 3.05) is 5.75 Å². The SMILES string of the molecule is Cn1c(SCC(=O)OC(C)(C)C)nnc1-c1ccccc1F. The molecule has 0 aliphatic rings. The summed E-state index contributed by atoms with van der Waals surface area (Å²) in [6, 6.07) is 6.37. The predicted molar refractivity (Wildman–Crippen MR) is 83.0 cm³/mol. The Morgan fingerprint density at radius 2 is 2.00 bits per heavy atom. The fourth-order valence-corrected chi connectivity index (χ4v) is 2.50. The minimum Gasteiger partial charge on any atom is -0.459 e. The molecule has 1 heterocycles. The van der Waals surface area contributed by atoms with E-state index in [1.54, 1.807) is 29.8 Å². The van der Waals surface area contributed by atoms with Gasteiger partial charge in [0, 0.05) is 7.05 Å². The highest BCUT2D eigenvalue weighted by atomic mass is 32.2. The lowest BCUT2D eigenvalue weighted by Gasteiger charge is -2.19. The van der Waals surface area contributed by atoms with Crippen LogP contribution in [0, 0.1) is 5.82 Å². The van der Waals surface area contributed by atoms with Crippen molar-refractivity contribution >= 4 is 17.7 Å². The van der Waals surface area contributed by atoms with Crippen molar-refractivity contribution in [1.82, 2.24) is 14.8 Å². The topological polar surface area (TPSA) is 57.0 Å². The van der Waals surface area contributed by atoms with Crippen molar-refractivity contribution in [3.8, 4) is 11.4 Å². The molecule has 7 heteroatoms. The van der Waals surface area contributed by atoms with Gasteiger partial charge in [-0.15, -0.1) is 10.2 Å². The van der Waals surface area contributed by atoms with Gasteiger partial charge in [0.25, 0.3) is 0 Å². The molecule has 0 fully saturated rings. The first-order valence-electron chi connectivity index (χ1n) is 6.77. The van der Waals surface area contributed by atoms with E-state index in [1.807, 2.05) is 20.8 Å². The van der Waals surface area contributed by atoms with Crippen molar-refractivity contribution in [1.29, 1.82) is 0 Å². The Hall–Kier alpha value is -1.89. The normalized spacial score (nSPS) is 11.5. The summed E-state index contributed by atoms with van der Waals surface area (Å²) in [5.74, 6) is -0.139. The molecular weight excluding hydrogens is 305 g/mol. The van der Waals surface area contributed by atoms with Crippen LogP contribution < -0.4 is 0 Å². The van der Waals surface area contributed by atoms with E-state index >= 15 is 0 Å². The van der Waals surface area contributed by atoms with Gasteiger partial charge in [0.15, 0.2) is 11.0 Å². The molecule has 1 aromatic heterocycles. The highest BCUT2D eigenvalue weighted by molar-refractivity contribution is 7.99. The van der Waals surface area contributed by atoms with Crippen molar-refractivity contribution < 1.29 is 13.9 Å². The van der Waals surface area contributed by atoms with Crippen molar-refractivity contribution in [2.24, 2.45) is 7.05 Å². The minimum atomic E-state index is -0.518. The van der Waals surface area contributed by atoms with Crippen LogP contribution >= 0.6 is 11.8 Å². The van der Waals surface area contributed by atoms with E-state index in [0.717, 1.165) is 0 Å². The van der Waals surface area contributed by atoms with Crippen molar-refractivity contribution in [3.63, 3.8) is 0 Å². The van der Waals surface area contributed by atoms with Crippen LogP contribution in [0.25, 0.3) is 11.4 Å². The summed E-state index contributed by atoms with van der Waals surface area (Å²) in [5, 5.41) is 8.53. The summed E-state index contributed by atoms with van der Waals surface area (Å²) in [6.07, 6.45) is 0. The van der Waals surface area contributed by atoms with Gasteiger partial charge in [0.2, 0.25) is 0 Å². The summed E-state index contributed by atoms with van der Waals surface area (Å²) >= 11 is 1.21. The molecule has 0 aliphatic heterocycles. The van der Waals surface area contributed by atoms with Gasteiger partial charge in [-0.25, -0.2) is 4.39 Å². The van der Waals surface area contributed by atoms with Gasteiger partial charge in [0.05, 0.1) is 11.3 Å². The summed E-state index contributed by atoms with van der Waals surface area (Å²) < 4.78 is 20.7. The van der Waals surface area contributed by atoms with Crippen LogP contribution in [-0.2, 0) is 16.6 Å². The molecule has 5 nitrogen and oxygen atoms in total. The van der Waals surface area contributed by atoms with Crippen LogP contribution in [-0.4, -0.2) is 32.1 Å². The summed E-state index contributed by atoms with van der Waals surface area (Å²) in [6.45, 7) is 5.44. The lowest BCUT2D eigenvalue weighted by atomic mass is 10.2. The standard InChI is InChI=1S/C15H18FN3O2S/c1-15(2,3)21-12(20)9-22-14-18-17-13(19(14)4)10-7-5-6-8-11(10)16/h5-8H,9H2,1-4H3. The lowest BCUT2D eigenvalue weighted by Crippen LogP contribution is -2.25. The maximum Gasteiger partial charge on any atom is 0.316 e. The number of nitrogens with zero attached hydrogens (tertiary/aromatic N) is 3. The molecule has 0 saturated carbocycles. The summed E-state index contributed by atoms with van der Waals surface area (Å²) in [5.41, 5.74) is -0.141. The van der Waals surface area contributed by atoms with E-state index < -0.39 is 5.60 Å². The molecule has 0 amide bonds. The smallest absolute Gasteiger partial charge is 0.316 e. The van der Waals surface area contributed by atoms with E-state index in [4.69, 9.17) is 4.74 Å².